The number of aryl methyl sites for hydroxylation is 2. The average Bonchev–Trinajstić information content (AvgIpc) is 3.12. The summed E-state index contributed by atoms with van der Waals surface area (Å²) in [6, 6.07) is 17.7. The molecule has 0 aliphatic rings. The van der Waals surface area contributed by atoms with E-state index < -0.39 is 0 Å². The third-order valence-corrected chi connectivity index (χ3v) is 4.78. The molecule has 4 aromatic rings. The number of nitrogens with zero attached hydrogens (tertiary/aromatic N) is 3. The van der Waals surface area contributed by atoms with Gasteiger partial charge in [0, 0.05) is 17.3 Å². The number of hydrogen-bond acceptors (Lipinski definition) is 4. The summed E-state index contributed by atoms with van der Waals surface area (Å²) in [6.07, 6.45) is 2.09. The van der Waals surface area contributed by atoms with Crippen LogP contribution < -0.4 is 10.9 Å². The van der Waals surface area contributed by atoms with E-state index in [1.807, 2.05) is 43.3 Å². The van der Waals surface area contributed by atoms with Crippen molar-refractivity contribution in [3.05, 3.63) is 81.8 Å². The van der Waals surface area contributed by atoms with E-state index in [4.69, 9.17) is 0 Å². The van der Waals surface area contributed by atoms with Crippen molar-refractivity contribution in [1.82, 2.24) is 19.6 Å². The minimum atomic E-state index is -0.170. The molecule has 2 N–H and O–H groups in total. The number of hydrogen-bond donors (Lipinski definition) is 2. The summed E-state index contributed by atoms with van der Waals surface area (Å²) >= 11 is 0. The fraction of sp³-hybridized carbons (Fsp3) is 0.227. The van der Waals surface area contributed by atoms with Crippen LogP contribution >= 0.6 is 0 Å². The Morgan fingerprint density at radius 3 is 2.68 bits per heavy atom. The molecular weight excluding hydrogens is 350 g/mol. The first-order valence-electron chi connectivity index (χ1n) is 9.52. The van der Waals surface area contributed by atoms with Crippen LogP contribution in [0.2, 0.25) is 0 Å². The highest BCUT2D eigenvalue weighted by atomic mass is 16.1. The van der Waals surface area contributed by atoms with Crippen molar-refractivity contribution in [2.24, 2.45) is 0 Å². The summed E-state index contributed by atoms with van der Waals surface area (Å²) in [6.45, 7) is 4.65. The molecule has 0 aliphatic heterocycles. The summed E-state index contributed by atoms with van der Waals surface area (Å²) in [4.78, 5) is 21.6. The largest absolute Gasteiger partial charge is 0.379 e. The Kier molecular flexibility index (Phi) is 4.93. The molecule has 142 valence electrons. The van der Waals surface area contributed by atoms with Crippen molar-refractivity contribution >= 4 is 11.5 Å². The first-order valence-corrected chi connectivity index (χ1v) is 9.52. The SMILES string of the molecule is CCCc1ccccc1NCc1cc(=O)n2[nH]c(-c3ccccc3C)nc2n1. The second kappa shape index (κ2) is 7.68. The number of nitrogens with one attached hydrogen (secondary N) is 2. The summed E-state index contributed by atoms with van der Waals surface area (Å²) in [5, 5.41) is 6.46. The lowest BCUT2D eigenvalue weighted by atomic mass is 10.1. The second-order valence-electron chi connectivity index (χ2n) is 6.87. The molecule has 0 saturated carbocycles. The molecule has 0 aliphatic carbocycles. The van der Waals surface area contributed by atoms with Gasteiger partial charge in [0.25, 0.3) is 11.3 Å². The third-order valence-electron chi connectivity index (χ3n) is 4.78. The van der Waals surface area contributed by atoms with Crippen molar-refractivity contribution in [3.8, 4) is 11.4 Å². The molecule has 0 atom stereocenters. The smallest absolute Gasteiger partial charge is 0.274 e. The van der Waals surface area contributed by atoms with Crippen LogP contribution in [-0.2, 0) is 13.0 Å². The van der Waals surface area contributed by atoms with Crippen LogP contribution in [0.1, 0.15) is 30.2 Å². The minimum Gasteiger partial charge on any atom is -0.379 e. The Labute approximate surface area is 163 Å². The molecule has 0 spiro atoms. The van der Waals surface area contributed by atoms with Crippen molar-refractivity contribution in [3.63, 3.8) is 0 Å². The Morgan fingerprint density at radius 1 is 1.07 bits per heavy atom. The number of anilines is 1. The molecule has 0 fully saturated rings. The van der Waals surface area contributed by atoms with Gasteiger partial charge >= 0.3 is 0 Å². The molecule has 2 aromatic heterocycles. The number of fused-ring (bicyclic) bond motifs is 1. The van der Waals surface area contributed by atoms with Crippen LogP contribution in [0.4, 0.5) is 5.69 Å². The van der Waals surface area contributed by atoms with Gasteiger partial charge in [-0.25, -0.2) is 4.98 Å². The molecule has 6 nitrogen and oxygen atoms in total. The lowest BCUT2D eigenvalue weighted by Crippen LogP contribution is -2.17. The van der Waals surface area contributed by atoms with Crippen molar-refractivity contribution in [2.75, 3.05) is 5.32 Å². The summed E-state index contributed by atoms with van der Waals surface area (Å²) < 4.78 is 1.39. The van der Waals surface area contributed by atoms with Crippen molar-refractivity contribution in [2.45, 2.75) is 33.2 Å². The predicted molar refractivity (Wildman–Crippen MR) is 112 cm³/mol. The van der Waals surface area contributed by atoms with E-state index in [1.165, 1.54) is 10.1 Å². The predicted octanol–water partition coefficient (Wildman–Crippen LogP) is 3.96. The second-order valence-corrected chi connectivity index (χ2v) is 6.87. The normalized spacial score (nSPS) is 11.1. The Hall–Kier alpha value is -3.41. The number of para-hydroxylation sites is 1. The number of aromatic nitrogens is 4. The molecule has 2 aromatic carbocycles. The molecule has 0 radical (unpaired) electrons. The fourth-order valence-corrected chi connectivity index (χ4v) is 3.34. The van der Waals surface area contributed by atoms with Gasteiger partial charge in [0.2, 0.25) is 0 Å². The summed E-state index contributed by atoms with van der Waals surface area (Å²) in [5.74, 6) is 1.02. The van der Waals surface area contributed by atoms with Gasteiger partial charge in [0.05, 0.1) is 12.2 Å². The van der Waals surface area contributed by atoms with Gasteiger partial charge in [0.15, 0.2) is 5.82 Å². The average molecular weight is 373 g/mol. The zero-order valence-electron chi connectivity index (χ0n) is 16.1. The number of H-pyrrole nitrogens is 1. The maximum atomic E-state index is 12.5. The van der Waals surface area contributed by atoms with Crippen LogP contribution in [0.25, 0.3) is 17.2 Å². The van der Waals surface area contributed by atoms with E-state index in [2.05, 4.69) is 39.4 Å². The number of aromatic amines is 1. The molecule has 6 heteroatoms. The van der Waals surface area contributed by atoms with E-state index in [0.29, 0.717) is 23.8 Å². The van der Waals surface area contributed by atoms with Crippen LogP contribution in [0.5, 0.6) is 0 Å². The van der Waals surface area contributed by atoms with Crippen LogP contribution in [0, 0.1) is 6.92 Å². The molecule has 0 unspecified atom stereocenters. The molecule has 4 rings (SSSR count). The third kappa shape index (κ3) is 3.53. The Balaban J connectivity index is 1.63. The molecule has 2 heterocycles. The Morgan fingerprint density at radius 2 is 1.86 bits per heavy atom. The molecule has 0 bridgehead atoms. The van der Waals surface area contributed by atoms with Crippen molar-refractivity contribution in [1.29, 1.82) is 0 Å². The quantitative estimate of drug-likeness (QED) is 0.536. The van der Waals surface area contributed by atoms with Gasteiger partial charge in [-0.15, -0.1) is 0 Å². The van der Waals surface area contributed by atoms with E-state index in [1.54, 1.807) is 6.07 Å². The van der Waals surface area contributed by atoms with Gasteiger partial charge in [0.1, 0.15) is 0 Å². The van der Waals surface area contributed by atoms with E-state index in [-0.39, 0.29) is 5.56 Å². The molecular formula is C22H23N5O. The maximum absolute atomic E-state index is 12.5. The fourth-order valence-electron chi connectivity index (χ4n) is 3.34. The van der Waals surface area contributed by atoms with E-state index in [9.17, 15) is 4.79 Å². The van der Waals surface area contributed by atoms with Crippen LogP contribution in [0.15, 0.2) is 59.4 Å². The topological polar surface area (TPSA) is 75.1 Å². The summed E-state index contributed by atoms with van der Waals surface area (Å²) in [7, 11) is 0. The van der Waals surface area contributed by atoms with E-state index in [0.717, 1.165) is 29.7 Å². The monoisotopic (exact) mass is 373 g/mol. The highest BCUT2D eigenvalue weighted by molar-refractivity contribution is 5.61. The van der Waals surface area contributed by atoms with Crippen molar-refractivity contribution < 1.29 is 0 Å². The van der Waals surface area contributed by atoms with Crippen LogP contribution in [-0.4, -0.2) is 19.6 Å². The lowest BCUT2D eigenvalue weighted by Gasteiger charge is -2.11. The van der Waals surface area contributed by atoms with Gasteiger partial charge in [-0.3, -0.25) is 9.89 Å². The zero-order chi connectivity index (χ0) is 19.5. The zero-order valence-corrected chi connectivity index (χ0v) is 16.1. The van der Waals surface area contributed by atoms with Gasteiger partial charge in [-0.1, -0.05) is 55.8 Å². The van der Waals surface area contributed by atoms with Gasteiger partial charge in [-0.2, -0.15) is 9.50 Å². The highest BCUT2D eigenvalue weighted by Crippen LogP contribution is 2.20. The van der Waals surface area contributed by atoms with Crippen LogP contribution in [0.3, 0.4) is 0 Å². The maximum Gasteiger partial charge on any atom is 0.274 e. The highest BCUT2D eigenvalue weighted by Gasteiger charge is 2.11. The van der Waals surface area contributed by atoms with Gasteiger partial charge in [-0.05, 0) is 30.5 Å². The molecule has 28 heavy (non-hydrogen) atoms. The molecule has 0 amide bonds. The molecule has 0 saturated heterocycles. The lowest BCUT2D eigenvalue weighted by molar-refractivity contribution is 0.876. The van der Waals surface area contributed by atoms with E-state index >= 15 is 0 Å². The minimum absolute atomic E-state index is 0.170. The first kappa shape index (κ1) is 18.0. The Bertz CT molecular complexity index is 1170. The first-order chi connectivity index (χ1) is 13.7. The number of rotatable bonds is 6. The summed E-state index contributed by atoms with van der Waals surface area (Å²) in [5.41, 5.74) is 4.89. The standard InChI is InChI=1S/C22H23N5O/c1-3-8-16-10-5-7-12-19(16)23-14-17-13-20(28)27-22(24-17)25-21(26-27)18-11-6-4-9-15(18)2/h4-7,9-13,23H,3,8,14H2,1-2H3,(H,24,25,26). The number of benzene rings is 2. The van der Waals surface area contributed by atoms with Gasteiger partial charge < -0.3 is 5.32 Å².